The van der Waals surface area contributed by atoms with Gasteiger partial charge in [0.25, 0.3) is 5.91 Å². The van der Waals surface area contributed by atoms with Crippen molar-refractivity contribution in [3.05, 3.63) is 47.9 Å². The number of hydrogen-bond acceptors (Lipinski definition) is 5. The first-order valence-corrected chi connectivity index (χ1v) is 7.64. The van der Waals surface area contributed by atoms with Gasteiger partial charge in [-0.15, -0.1) is 0 Å². The maximum Gasteiger partial charge on any atom is 0.254 e. The lowest BCUT2D eigenvalue weighted by molar-refractivity contribution is 0.0746. The number of aromatic nitrogens is 2. The third-order valence-corrected chi connectivity index (χ3v) is 4.10. The van der Waals surface area contributed by atoms with Gasteiger partial charge in [0.05, 0.1) is 13.3 Å². The van der Waals surface area contributed by atoms with E-state index in [1.54, 1.807) is 25.7 Å². The van der Waals surface area contributed by atoms with E-state index >= 15 is 0 Å². The number of methoxy groups -OCH3 is 1. The molecular formula is C17H20N4O2. The Kier molecular flexibility index (Phi) is 4.41. The van der Waals surface area contributed by atoms with Crippen LogP contribution in [0.3, 0.4) is 0 Å². The van der Waals surface area contributed by atoms with Crippen LogP contribution in [0.1, 0.15) is 15.9 Å². The lowest BCUT2D eigenvalue weighted by Crippen LogP contribution is -2.49. The highest BCUT2D eigenvalue weighted by atomic mass is 16.5. The van der Waals surface area contributed by atoms with Gasteiger partial charge in [-0.05, 0) is 24.6 Å². The molecule has 0 N–H and O–H groups in total. The van der Waals surface area contributed by atoms with Crippen molar-refractivity contribution in [3.8, 4) is 5.75 Å². The Morgan fingerprint density at radius 1 is 1.17 bits per heavy atom. The molecule has 1 aromatic carbocycles. The number of piperazine rings is 1. The van der Waals surface area contributed by atoms with Crippen LogP contribution < -0.4 is 9.64 Å². The Morgan fingerprint density at radius 2 is 1.96 bits per heavy atom. The van der Waals surface area contributed by atoms with Crippen molar-refractivity contribution in [1.82, 2.24) is 14.9 Å². The number of benzene rings is 1. The maximum atomic E-state index is 12.6. The normalized spacial score (nSPS) is 14.7. The van der Waals surface area contributed by atoms with Crippen LogP contribution in [0, 0.1) is 6.92 Å². The predicted octanol–water partition coefficient (Wildman–Crippen LogP) is 1.76. The zero-order chi connectivity index (χ0) is 16.2. The zero-order valence-corrected chi connectivity index (χ0v) is 13.4. The molecule has 1 saturated heterocycles. The van der Waals surface area contributed by atoms with Gasteiger partial charge in [0, 0.05) is 44.1 Å². The number of rotatable bonds is 3. The monoisotopic (exact) mass is 312 g/mol. The highest BCUT2D eigenvalue weighted by Crippen LogP contribution is 2.21. The van der Waals surface area contributed by atoms with Crippen molar-refractivity contribution < 1.29 is 9.53 Å². The summed E-state index contributed by atoms with van der Waals surface area (Å²) in [5.74, 6) is 1.65. The van der Waals surface area contributed by atoms with Gasteiger partial charge in [-0.2, -0.15) is 0 Å². The van der Waals surface area contributed by atoms with Crippen molar-refractivity contribution in [2.75, 3.05) is 38.2 Å². The Bertz CT molecular complexity index is 682. The summed E-state index contributed by atoms with van der Waals surface area (Å²) >= 11 is 0. The van der Waals surface area contributed by atoms with Crippen LogP contribution in [0.2, 0.25) is 0 Å². The zero-order valence-electron chi connectivity index (χ0n) is 13.4. The molecule has 6 nitrogen and oxygen atoms in total. The second-order valence-corrected chi connectivity index (χ2v) is 5.53. The Morgan fingerprint density at radius 3 is 2.61 bits per heavy atom. The fourth-order valence-electron chi connectivity index (χ4n) is 2.73. The van der Waals surface area contributed by atoms with Gasteiger partial charge in [0.1, 0.15) is 11.6 Å². The molecule has 0 unspecified atom stereocenters. The van der Waals surface area contributed by atoms with Crippen molar-refractivity contribution >= 4 is 11.7 Å². The van der Waals surface area contributed by atoms with Gasteiger partial charge in [-0.25, -0.2) is 4.98 Å². The summed E-state index contributed by atoms with van der Waals surface area (Å²) in [6.07, 6.45) is 5.10. The van der Waals surface area contributed by atoms with Crippen LogP contribution in [-0.2, 0) is 0 Å². The topological polar surface area (TPSA) is 58.6 Å². The summed E-state index contributed by atoms with van der Waals surface area (Å²) in [5, 5.41) is 0. The Labute approximate surface area is 135 Å². The Hall–Kier alpha value is -2.63. The standard InChI is InChI=1S/C17H20N4O2/c1-13-3-4-14(11-15(13)23-2)17(22)21-9-7-20(8-10-21)16-12-18-5-6-19-16/h3-6,11-12H,7-10H2,1-2H3. The lowest BCUT2D eigenvalue weighted by atomic mass is 10.1. The van der Waals surface area contributed by atoms with Gasteiger partial charge >= 0.3 is 0 Å². The first-order chi connectivity index (χ1) is 11.2. The average Bonchev–Trinajstić information content (AvgIpc) is 2.62. The van der Waals surface area contributed by atoms with E-state index < -0.39 is 0 Å². The SMILES string of the molecule is COc1cc(C(=O)N2CCN(c3cnccn3)CC2)ccc1C. The van der Waals surface area contributed by atoms with Gasteiger partial charge in [-0.1, -0.05) is 6.07 Å². The summed E-state index contributed by atoms with van der Waals surface area (Å²) in [4.78, 5) is 25.1. The van der Waals surface area contributed by atoms with Crippen LogP contribution in [0.25, 0.3) is 0 Å². The van der Waals surface area contributed by atoms with Crippen molar-refractivity contribution in [2.24, 2.45) is 0 Å². The van der Waals surface area contributed by atoms with Crippen molar-refractivity contribution in [3.63, 3.8) is 0 Å². The number of nitrogens with zero attached hydrogens (tertiary/aromatic N) is 4. The number of hydrogen-bond donors (Lipinski definition) is 0. The second kappa shape index (κ2) is 6.64. The van der Waals surface area contributed by atoms with Crippen LogP contribution in [0.4, 0.5) is 5.82 Å². The van der Waals surface area contributed by atoms with Crippen LogP contribution in [0.15, 0.2) is 36.8 Å². The summed E-state index contributed by atoms with van der Waals surface area (Å²) < 4.78 is 5.30. The molecule has 3 rings (SSSR count). The van der Waals surface area contributed by atoms with Crippen LogP contribution in [0.5, 0.6) is 5.75 Å². The quantitative estimate of drug-likeness (QED) is 0.864. The van der Waals surface area contributed by atoms with E-state index in [0.29, 0.717) is 18.7 Å². The molecule has 1 aliphatic heterocycles. The lowest BCUT2D eigenvalue weighted by Gasteiger charge is -2.35. The molecule has 1 aromatic heterocycles. The molecule has 0 spiro atoms. The third kappa shape index (κ3) is 3.26. The van der Waals surface area contributed by atoms with E-state index in [1.165, 1.54) is 0 Å². The molecule has 2 heterocycles. The molecule has 2 aromatic rings. The first-order valence-electron chi connectivity index (χ1n) is 7.64. The van der Waals surface area contributed by atoms with Crippen LogP contribution in [-0.4, -0.2) is 54.1 Å². The van der Waals surface area contributed by atoms with Crippen LogP contribution >= 0.6 is 0 Å². The van der Waals surface area contributed by atoms with E-state index in [1.807, 2.05) is 30.0 Å². The molecule has 0 radical (unpaired) electrons. The summed E-state index contributed by atoms with van der Waals surface area (Å²) in [5.41, 5.74) is 1.69. The van der Waals surface area contributed by atoms with E-state index in [9.17, 15) is 4.79 Å². The molecule has 0 aliphatic carbocycles. The van der Waals surface area contributed by atoms with Gasteiger partial charge in [-0.3, -0.25) is 9.78 Å². The van der Waals surface area contributed by atoms with Gasteiger partial charge in [0.15, 0.2) is 0 Å². The molecule has 0 bridgehead atoms. The van der Waals surface area contributed by atoms with E-state index in [4.69, 9.17) is 4.74 Å². The summed E-state index contributed by atoms with van der Waals surface area (Å²) in [6.45, 7) is 4.82. The molecule has 6 heteroatoms. The third-order valence-electron chi connectivity index (χ3n) is 4.10. The predicted molar refractivity (Wildman–Crippen MR) is 87.9 cm³/mol. The first kappa shape index (κ1) is 15.3. The highest BCUT2D eigenvalue weighted by Gasteiger charge is 2.23. The fourth-order valence-corrected chi connectivity index (χ4v) is 2.73. The minimum atomic E-state index is 0.0436. The molecule has 1 fully saturated rings. The molecule has 120 valence electrons. The van der Waals surface area contributed by atoms with Gasteiger partial charge in [0.2, 0.25) is 0 Å². The number of amides is 1. The minimum absolute atomic E-state index is 0.0436. The number of anilines is 1. The smallest absolute Gasteiger partial charge is 0.254 e. The number of carbonyl (C=O) groups is 1. The molecular weight excluding hydrogens is 292 g/mol. The number of aryl methyl sites for hydroxylation is 1. The molecule has 1 amide bonds. The fraction of sp³-hybridized carbons (Fsp3) is 0.353. The largest absolute Gasteiger partial charge is 0.496 e. The van der Waals surface area contributed by atoms with E-state index in [2.05, 4.69) is 14.9 Å². The molecule has 1 aliphatic rings. The van der Waals surface area contributed by atoms with E-state index in [-0.39, 0.29) is 5.91 Å². The van der Waals surface area contributed by atoms with Crippen molar-refractivity contribution in [1.29, 1.82) is 0 Å². The number of ether oxygens (including phenoxy) is 1. The van der Waals surface area contributed by atoms with Crippen molar-refractivity contribution in [2.45, 2.75) is 6.92 Å². The molecule has 23 heavy (non-hydrogen) atoms. The van der Waals surface area contributed by atoms with Gasteiger partial charge < -0.3 is 14.5 Å². The maximum absolute atomic E-state index is 12.6. The second-order valence-electron chi connectivity index (χ2n) is 5.53. The Balaban J connectivity index is 1.66. The summed E-state index contributed by atoms with van der Waals surface area (Å²) in [7, 11) is 1.62. The molecule has 0 atom stereocenters. The summed E-state index contributed by atoms with van der Waals surface area (Å²) in [6, 6.07) is 5.59. The highest BCUT2D eigenvalue weighted by molar-refractivity contribution is 5.95. The average molecular weight is 312 g/mol. The minimum Gasteiger partial charge on any atom is -0.496 e. The van der Waals surface area contributed by atoms with E-state index in [0.717, 1.165) is 30.2 Å². The molecule has 0 saturated carbocycles. The number of carbonyl (C=O) groups excluding carboxylic acids is 1.